The quantitative estimate of drug-likeness (QED) is 0.752. The Morgan fingerprint density at radius 1 is 0.826 bits per heavy atom. The topological polar surface area (TPSA) is 33.1 Å². The van der Waals surface area contributed by atoms with Gasteiger partial charge in [0.2, 0.25) is 0 Å². The number of benzene rings is 2. The standard InChI is InChI=1S/C21H21NO/c1-2-20(17-9-5-3-6-10-17)21(23,18-11-7-4-8-12-18)19-13-15-22-16-14-19/h3-16,20,23H,2H2,1H3/t20-,21-/m1/s1. The van der Waals surface area contributed by atoms with Crippen LogP contribution in [0.2, 0.25) is 0 Å². The van der Waals surface area contributed by atoms with Gasteiger partial charge in [-0.15, -0.1) is 0 Å². The van der Waals surface area contributed by atoms with Gasteiger partial charge in [-0.2, -0.15) is 0 Å². The molecule has 0 aliphatic rings. The van der Waals surface area contributed by atoms with Crippen molar-refractivity contribution in [2.75, 3.05) is 0 Å². The average Bonchev–Trinajstić information content (AvgIpc) is 2.64. The van der Waals surface area contributed by atoms with Gasteiger partial charge in [0, 0.05) is 18.3 Å². The van der Waals surface area contributed by atoms with Gasteiger partial charge in [-0.05, 0) is 35.2 Å². The molecule has 0 fully saturated rings. The van der Waals surface area contributed by atoms with E-state index < -0.39 is 5.60 Å². The van der Waals surface area contributed by atoms with Crippen LogP contribution in [0.5, 0.6) is 0 Å². The zero-order chi connectivity index (χ0) is 16.1. The summed E-state index contributed by atoms with van der Waals surface area (Å²) < 4.78 is 0. The van der Waals surface area contributed by atoms with Crippen LogP contribution in [-0.2, 0) is 5.60 Å². The van der Waals surface area contributed by atoms with Gasteiger partial charge in [-0.1, -0.05) is 67.6 Å². The van der Waals surface area contributed by atoms with Crippen LogP contribution < -0.4 is 0 Å². The number of rotatable bonds is 5. The lowest BCUT2D eigenvalue weighted by atomic mass is 9.72. The van der Waals surface area contributed by atoms with Crippen molar-refractivity contribution in [1.29, 1.82) is 0 Å². The van der Waals surface area contributed by atoms with Crippen LogP contribution in [0.3, 0.4) is 0 Å². The van der Waals surface area contributed by atoms with Gasteiger partial charge in [-0.3, -0.25) is 4.98 Å². The molecular weight excluding hydrogens is 282 g/mol. The van der Waals surface area contributed by atoms with Crippen molar-refractivity contribution in [2.45, 2.75) is 24.9 Å². The van der Waals surface area contributed by atoms with Gasteiger partial charge < -0.3 is 5.11 Å². The van der Waals surface area contributed by atoms with Crippen molar-refractivity contribution >= 4 is 0 Å². The molecule has 2 heteroatoms. The molecule has 0 aliphatic carbocycles. The van der Waals surface area contributed by atoms with Crippen LogP contribution >= 0.6 is 0 Å². The molecule has 0 amide bonds. The Labute approximate surface area is 137 Å². The normalized spacial score (nSPS) is 14.9. The van der Waals surface area contributed by atoms with Gasteiger partial charge in [0.25, 0.3) is 0 Å². The van der Waals surface area contributed by atoms with Crippen LogP contribution in [0.25, 0.3) is 0 Å². The SMILES string of the molecule is CC[C@H](c1ccccc1)[C@@](O)(c1ccccc1)c1ccncc1. The molecule has 0 aliphatic heterocycles. The summed E-state index contributed by atoms with van der Waals surface area (Å²) in [6.45, 7) is 2.12. The van der Waals surface area contributed by atoms with E-state index in [1.807, 2.05) is 60.7 Å². The Kier molecular flexibility index (Phi) is 4.54. The van der Waals surface area contributed by atoms with Crippen molar-refractivity contribution < 1.29 is 5.11 Å². The van der Waals surface area contributed by atoms with E-state index in [0.717, 1.165) is 23.1 Å². The zero-order valence-corrected chi connectivity index (χ0v) is 13.3. The predicted molar refractivity (Wildman–Crippen MR) is 93.2 cm³/mol. The number of hydrogen-bond donors (Lipinski definition) is 1. The smallest absolute Gasteiger partial charge is 0.122 e. The minimum atomic E-state index is -1.08. The van der Waals surface area contributed by atoms with Crippen molar-refractivity contribution in [3.05, 3.63) is 102 Å². The Morgan fingerprint density at radius 2 is 1.35 bits per heavy atom. The average molecular weight is 303 g/mol. The third-order valence-corrected chi connectivity index (χ3v) is 4.45. The molecule has 2 nitrogen and oxygen atoms in total. The summed E-state index contributed by atoms with van der Waals surface area (Å²) in [6, 6.07) is 23.9. The Balaban J connectivity index is 2.19. The first-order chi connectivity index (χ1) is 11.3. The van der Waals surface area contributed by atoms with E-state index in [-0.39, 0.29) is 5.92 Å². The highest BCUT2D eigenvalue weighted by molar-refractivity contribution is 5.41. The van der Waals surface area contributed by atoms with E-state index >= 15 is 0 Å². The lowest BCUT2D eigenvalue weighted by Gasteiger charge is -2.37. The monoisotopic (exact) mass is 303 g/mol. The molecule has 1 heterocycles. The van der Waals surface area contributed by atoms with E-state index in [2.05, 4.69) is 24.0 Å². The first-order valence-electron chi connectivity index (χ1n) is 8.00. The maximum atomic E-state index is 11.8. The van der Waals surface area contributed by atoms with Crippen LogP contribution in [-0.4, -0.2) is 10.1 Å². The molecule has 2 aromatic carbocycles. The first-order valence-corrected chi connectivity index (χ1v) is 8.00. The molecule has 0 bridgehead atoms. The lowest BCUT2D eigenvalue weighted by Crippen LogP contribution is -2.34. The summed E-state index contributed by atoms with van der Waals surface area (Å²) >= 11 is 0. The molecule has 0 radical (unpaired) electrons. The predicted octanol–water partition coefficient (Wildman–Crippen LogP) is 4.51. The first kappa shape index (κ1) is 15.4. The summed E-state index contributed by atoms with van der Waals surface area (Å²) in [5, 5.41) is 11.8. The number of hydrogen-bond acceptors (Lipinski definition) is 2. The van der Waals surface area contributed by atoms with Gasteiger partial charge in [0.05, 0.1) is 0 Å². The minimum absolute atomic E-state index is 0.0338. The second kappa shape index (κ2) is 6.76. The zero-order valence-electron chi connectivity index (χ0n) is 13.3. The Hall–Kier alpha value is -2.45. The highest BCUT2D eigenvalue weighted by Crippen LogP contribution is 2.44. The van der Waals surface area contributed by atoms with Gasteiger partial charge in [0.1, 0.15) is 5.60 Å². The largest absolute Gasteiger partial charge is 0.380 e. The summed E-state index contributed by atoms with van der Waals surface area (Å²) in [4.78, 5) is 4.10. The molecule has 2 atom stereocenters. The number of aromatic nitrogens is 1. The van der Waals surface area contributed by atoms with Crippen molar-refractivity contribution in [2.24, 2.45) is 0 Å². The third kappa shape index (κ3) is 2.90. The van der Waals surface area contributed by atoms with Crippen molar-refractivity contribution in [1.82, 2.24) is 4.98 Å². The second-order valence-electron chi connectivity index (χ2n) is 5.74. The van der Waals surface area contributed by atoms with Gasteiger partial charge >= 0.3 is 0 Å². The van der Waals surface area contributed by atoms with Crippen LogP contribution in [0.1, 0.15) is 36.0 Å². The van der Waals surface area contributed by atoms with Crippen LogP contribution in [0, 0.1) is 0 Å². The summed E-state index contributed by atoms with van der Waals surface area (Å²) in [5.74, 6) is -0.0338. The summed E-state index contributed by atoms with van der Waals surface area (Å²) in [7, 11) is 0. The number of pyridine rings is 1. The molecule has 3 aromatic rings. The van der Waals surface area contributed by atoms with E-state index in [9.17, 15) is 5.11 Å². The molecule has 0 saturated carbocycles. The van der Waals surface area contributed by atoms with Crippen molar-refractivity contribution in [3.63, 3.8) is 0 Å². The molecule has 1 aromatic heterocycles. The molecule has 23 heavy (non-hydrogen) atoms. The maximum Gasteiger partial charge on any atom is 0.122 e. The molecule has 3 rings (SSSR count). The summed E-state index contributed by atoms with van der Waals surface area (Å²) in [5.41, 5.74) is 1.83. The van der Waals surface area contributed by atoms with Crippen molar-refractivity contribution in [3.8, 4) is 0 Å². The van der Waals surface area contributed by atoms with Crippen LogP contribution in [0.15, 0.2) is 85.2 Å². The molecule has 1 N–H and O–H groups in total. The van der Waals surface area contributed by atoms with Crippen LogP contribution in [0.4, 0.5) is 0 Å². The van der Waals surface area contributed by atoms with Gasteiger partial charge in [0.15, 0.2) is 0 Å². The highest BCUT2D eigenvalue weighted by Gasteiger charge is 2.39. The fourth-order valence-electron chi connectivity index (χ4n) is 3.32. The van der Waals surface area contributed by atoms with E-state index in [1.165, 1.54) is 0 Å². The Morgan fingerprint density at radius 3 is 1.91 bits per heavy atom. The van der Waals surface area contributed by atoms with E-state index in [1.54, 1.807) is 12.4 Å². The fraction of sp³-hybridized carbons (Fsp3) is 0.190. The highest BCUT2D eigenvalue weighted by atomic mass is 16.3. The molecule has 0 saturated heterocycles. The maximum absolute atomic E-state index is 11.8. The molecule has 0 spiro atoms. The van der Waals surface area contributed by atoms with E-state index in [4.69, 9.17) is 0 Å². The lowest BCUT2D eigenvalue weighted by molar-refractivity contribution is 0.0476. The third-order valence-electron chi connectivity index (χ3n) is 4.45. The minimum Gasteiger partial charge on any atom is -0.380 e. The molecular formula is C21H21NO. The Bertz CT molecular complexity index is 686. The number of nitrogens with zero attached hydrogens (tertiary/aromatic N) is 1. The second-order valence-corrected chi connectivity index (χ2v) is 5.74. The van der Waals surface area contributed by atoms with E-state index in [0.29, 0.717) is 0 Å². The number of aliphatic hydroxyl groups is 1. The molecule has 0 unspecified atom stereocenters. The summed E-state index contributed by atoms with van der Waals surface area (Å²) in [6.07, 6.45) is 4.31. The fourth-order valence-corrected chi connectivity index (χ4v) is 3.32. The molecule has 116 valence electrons. The van der Waals surface area contributed by atoms with Gasteiger partial charge in [-0.25, -0.2) is 0 Å².